The fourth-order valence-corrected chi connectivity index (χ4v) is 1.79. The summed E-state index contributed by atoms with van der Waals surface area (Å²) in [4.78, 5) is 13.4. The lowest BCUT2D eigenvalue weighted by Gasteiger charge is -2.25. The second-order valence-corrected chi connectivity index (χ2v) is 3.65. The number of nitro groups is 1. The smallest absolute Gasteiger partial charge is 0.424 e. The molecule has 18 heavy (non-hydrogen) atoms. The van der Waals surface area contributed by atoms with Crippen molar-refractivity contribution in [1.82, 2.24) is 9.55 Å². The van der Waals surface area contributed by atoms with Gasteiger partial charge in [0.05, 0.1) is 16.7 Å². The van der Waals surface area contributed by atoms with E-state index in [1.807, 2.05) is 0 Å². The molecule has 6 nitrogen and oxygen atoms in total. The highest BCUT2D eigenvalue weighted by molar-refractivity contribution is 5.55. The minimum atomic E-state index is -3.61. The Kier molecular flexibility index (Phi) is 1.92. The van der Waals surface area contributed by atoms with E-state index in [-0.39, 0.29) is 11.4 Å². The van der Waals surface area contributed by atoms with E-state index in [0.717, 1.165) is 10.6 Å². The average Bonchev–Trinajstić information content (AvgIpc) is 2.77. The third-order valence-corrected chi connectivity index (χ3v) is 2.55. The standard InChI is InChI=1S/C10H5F2N3O3/c11-10(12)9-13-3-4-14(9)7-2-1-6(15(16)17)5-8(7)18-10/h1-5H. The molecule has 3 rings (SSSR count). The summed E-state index contributed by atoms with van der Waals surface area (Å²) in [6.45, 7) is 0. The number of hydrogen-bond donors (Lipinski definition) is 0. The van der Waals surface area contributed by atoms with Crippen molar-refractivity contribution in [2.24, 2.45) is 0 Å². The highest BCUT2D eigenvalue weighted by atomic mass is 19.3. The Balaban J connectivity index is 2.23. The second kappa shape index (κ2) is 3.25. The molecule has 8 heteroatoms. The van der Waals surface area contributed by atoms with Gasteiger partial charge in [-0.25, -0.2) is 4.98 Å². The highest BCUT2D eigenvalue weighted by Crippen LogP contribution is 2.41. The van der Waals surface area contributed by atoms with Gasteiger partial charge in [-0.3, -0.25) is 14.7 Å². The number of fused-ring (bicyclic) bond motifs is 3. The van der Waals surface area contributed by atoms with Gasteiger partial charge in [-0.1, -0.05) is 0 Å². The maximum absolute atomic E-state index is 13.6. The van der Waals surface area contributed by atoms with Crippen LogP contribution in [-0.2, 0) is 6.11 Å². The van der Waals surface area contributed by atoms with Crippen LogP contribution in [-0.4, -0.2) is 14.5 Å². The maximum atomic E-state index is 13.6. The van der Waals surface area contributed by atoms with E-state index >= 15 is 0 Å². The summed E-state index contributed by atoms with van der Waals surface area (Å²) >= 11 is 0. The van der Waals surface area contributed by atoms with E-state index in [4.69, 9.17) is 0 Å². The van der Waals surface area contributed by atoms with E-state index in [0.29, 0.717) is 5.69 Å². The van der Waals surface area contributed by atoms with Gasteiger partial charge < -0.3 is 4.74 Å². The maximum Gasteiger partial charge on any atom is 0.461 e. The molecule has 92 valence electrons. The predicted molar refractivity (Wildman–Crippen MR) is 54.7 cm³/mol. The summed E-state index contributed by atoms with van der Waals surface area (Å²) in [5, 5.41) is 10.6. The van der Waals surface area contributed by atoms with Crippen LogP contribution in [0.5, 0.6) is 5.75 Å². The molecule has 0 saturated heterocycles. The molecule has 1 aromatic heterocycles. The van der Waals surface area contributed by atoms with Crippen LogP contribution in [0.1, 0.15) is 5.82 Å². The van der Waals surface area contributed by atoms with Crippen molar-refractivity contribution < 1.29 is 18.4 Å². The molecule has 0 aliphatic carbocycles. The normalized spacial score (nSPS) is 15.4. The lowest BCUT2D eigenvalue weighted by molar-refractivity contribution is -0.385. The average molecular weight is 253 g/mol. The molecular weight excluding hydrogens is 248 g/mol. The Morgan fingerprint density at radius 3 is 2.94 bits per heavy atom. The summed E-state index contributed by atoms with van der Waals surface area (Å²) < 4.78 is 32.7. The van der Waals surface area contributed by atoms with Gasteiger partial charge in [0, 0.05) is 18.5 Å². The lowest BCUT2D eigenvalue weighted by Crippen LogP contribution is -2.30. The van der Waals surface area contributed by atoms with Crippen LogP contribution in [0.3, 0.4) is 0 Å². The van der Waals surface area contributed by atoms with Gasteiger partial charge in [0.25, 0.3) is 5.69 Å². The largest absolute Gasteiger partial charge is 0.461 e. The van der Waals surface area contributed by atoms with Gasteiger partial charge in [0.2, 0.25) is 5.82 Å². The van der Waals surface area contributed by atoms with Gasteiger partial charge in [0.1, 0.15) is 0 Å². The van der Waals surface area contributed by atoms with Gasteiger partial charge >= 0.3 is 6.11 Å². The number of benzene rings is 1. The molecule has 0 saturated carbocycles. The molecule has 2 aromatic rings. The first-order valence-corrected chi connectivity index (χ1v) is 4.88. The third kappa shape index (κ3) is 1.35. The van der Waals surface area contributed by atoms with Crippen molar-refractivity contribution in [3.05, 3.63) is 46.5 Å². The molecule has 0 unspecified atom stereocenters. The van der Waals surface area contributed by atoms with Crippen molar-refractivity contribution in [3.63, 3.8) is 0 Å². The summed E-state index contributed by atoms with van der Waals surface area (Å²) in [6.07, 6.45) is -1.05. The molecule has 0 amide bonds. The van der Waals surface area contributed by atoms with Gasteiger partial charge in [0.15, 0.2) is 5.75 Å². The quantitative estimate of drug-likeness (QED) is 0.577. The molecule has 1 aliphatic rings. The lowest BCUT2D eigenvalue weighted by atomic mass is 10.2. The van der Waals surface area contributed by atoms with Crippen molar-refractivity contribution in [2.45, 2.75) is 6.11 Å². The van der Waals surface area contributed by atoms with Crippen molar-refractivity contribution in [3.8, 4) is 11.4 Å². The van der Waals surface area contributed by atoms with Crippen LogP contribution in [0, 0.1) is 10.1 Å². The number of imidazole rings is 1. The van der Waals surface area contributed by atoms with Gasteiger partial charge in [-0.05, 0) is 6.07 Å². The minimum absolute atomic E-state index is 0.250. The molecule has 0 bridgehead atoms. The van der Waals surface area contributed by atoms with Crippen molar-refractivity contribution >= 4 is 5.69 Å². The molecule has 0 fully saturated rings. The third-order valence-electron chi connectivity index (χ3n) is 2.55. The summed E-state index contributed by atoms with van der Waals surface area (Å²) in [7, 11) is 0. The number of alkyl halides is 2. The Hall–Kier alpha value is -2.51. The topological polar surface area (TPSA) is 70.2 Å². The Bertz CT molecular complexity index is 654. The predicted octanol–water partition coefficient (Wildman–Crippen LogP) is 2.22. The van der Waals surface area contributed by atoms with Crippen LogP contribution in [0.2, 0.25) is 0 Å². The first-order chi connectivity index (χ1) is 8.49. The monoisotopic (exact) mass is 253 g/mol. The zero-order chi connectivity index (χ0) is 12.9. The van der Waals surface area contributed by atoms with Crippen molar-refractivity contribution in [1.29, 1.82) is 0 Å². The minimum Gasteiger partial charge on any atom is -0.424 e. The number of rotatable bonds is 1. The number of ether oxygens (including phenoxy) is 1. The number of nitrogens with zero attached hydrogens (tertiary/aromatic N) is 3. The number of hydrogen-bond acceptors (Lipinski definition) is 4. The molecule has 0 N–H and O–H groups in total. The Morgan fingerprint density at radius 1 is 1.44 bits per heavy atom. The van der Waals surface area contributed by atoms with E-state index < -0.39 is 16.9 Å². The second-order valence-electron chi connectivity index (χ2n) is 3.65. The summed E-state index contributed by atoms with van der Waals surface area (Å²) in [6, 6.07) is 3.52. The van der Waals surface area contributed by atoms with E-state index in [2.05, 4.69) is 9.72 Å². The molecule has 1 aliphatic heterocycles. The van der Waals surface area contributed by atoms with Crippen LogP contribution in [0.4, 0.5) is 14.5 Å². The first-order valence-electron chi connectivity index (χ1n) is 4.88. The number of halogens is 2. The zero-order valence-electron chi connectivity index (χ0n) is 8.71. The number of aromatic nitrogens is 2. The van der Waals surface area contributed by atoms with Crippen molar-refractivity contribution in [2.75, 3.05) is 0 Å². The molecular formula is C10H5F2N3O3. The zero-order valence-corrected chi connectivity index (χ0v) is 8.71. The van der Waals surface area contributed by atoms with Gasteiger partial charge in [-0.2, -0.15) is 8.78 Å². The Labute approximate surface area is 98.6 Å². The summed E-state index contributed by atoms with van der Waals surface area (Å²) in [5.74, 6) is -0.802. The first kappa shape index (κ1) is 10.6. The Morgan fingerprint density at radius 2 is 2.22 bits per heavy atom. The molecule has 1 aromatic carbocycles. The fourth-order valence-electron chi connectivity index (χ4n) is 1.79. The van der Waals surface area contributed by atoms with E-state index in [1.54, 1.807) is 0 Å². The van der Waals surface area contributed by atoms with E-state index in [9.17, 15) is 18.9 Å². The number of non-ortho nitro benzene ring substituents is 1. The van der Waals surface area contributed by atoms with Crippen LogP contribution < -0.4 is 4.74 Å². The molecule has 0 spiro atoms. The number of nitro benzene ring substituents is 1. The van der Waals surface area contributed by atoms with Crippen LogP contribution >= 0.6 is 0 Å². The highest BCUT2D eigenvalue weighted by Gasteiger charge is 2.44. The SMILES string of the molecule is O=[N+]([O-])c1ccc2c(c1)OC(F)(F)c1nccn1-2. The van der Waals surface area contributed by atoms with E-state index in [1.165, 1.54) is 24.5 Å². The molecule has 2 heterocycles. The van der Waals surface area contributed by atoms with Crippen LogP contribution in [0.25, 0.3) is 5.69 Å². The fraction of sp³-hybridized carbons (Fsp3) is 0.100. The molecule has 0 atom stereocenters. The van der Waals surface area contributed by atoms with Crippen LogP contribution in [0.15, 0.2) is 30.6 Å². The molecule has 0 radical (unpaired) electrons. The summed E-state index contributed by atoms with van der Waals surface area (Å²) in [5.41, 5.74) is -0.0212. The van der Waals surface area contributed by atoms with Gasteiger partial charge in [-0.15, -0.1) is 0 Å².